The van der Waals surface area contributed by atoms with Crippen LogP contribution in [0.3, 0.4) is 0 Å². The molecular formula is C32H40O9S2. The molecular weight excluding hydrogens is 592 g/mol. The summed E-state index contributed by atoms with van der Waals surface area (Å²) in [5.41, 5.74) is 2.25. The van der Waals surface area contributed by atoms with Crippen LogP contribution in [0.5, 0.6) is 23.0 Å². The highest BCUT2D eigenvalue weighted by Gasteiger charge is 2.33. The second-order valence-corrected chi connectivity index (χ2v) is 14.5. The summed E-state index contributed by atoms with van der Waals surface area (Å²) in [7, 11) is -2.77. The summed E-state index contributed by atoms with van der Waals surface area (Å²) in [5.74, 6) is 1.58. The maximum Gasteiger partial charge on any atom is 0.203 e. The molecule has 11 heteroatoms. The predicted octanol–water partition coefficient (Wildman–Crippen LogP) is 6.35. The van der Waals surface area contributed by atoms with Crippen molar-refractivity contribution in [3.05, 3.63) is 59.7 Å². The largest absolute Gasteiger partial charge is 0.493 e. The van der Waals surface area contributed by atoms with Gasteiger partial charge in [-0.05, 0) is 67.1 Å². The highest BCUT2D eigenvalue weighted by molar-refractivity contribution is 7.91. The number of sulfone groups is 2. The Balaban J connectivity index is 1.88. The van der Waals surface area contributed by atoms with Crippen molar-refractivity contribution < 1.29 is 40.5 Å². The maximum atomic E-state index is 13.7. The molecule has 3 aromatic carbocycles. The maximum absolute atomic E-state index is 13.7. The summed E-state index contributed by atoms with van der Waals surface area (Å²) in [6, 6.07) is 13.7. The van der Waals surface area contributed by atoms with E-state index in [0.29, 0.717) is 59.6 Å². The zero-order valence-electron chi connectivity index (χ0n) is 25.5. The minimum Gasteiger partial charge on any atom is -0.493 e. The number of hydrogen-bond donors (Lipinski definition) is 0. The van der Waals surface area contributed by atoms with Gasteiger partial charge >= 0.3 is 0 Å². The van der Waals surface area contributed by atoms with Crippen LogP contribution in [0.25, 0.3) is 11.1 Å². The minimum absolute atomic E-state index is 0.0402. The van der Waals surface area contributed by atoms with E-state index in [4.69, 9.17) is 23.7 Å². The quantitative estimate of drug-likeness (QED) is 0.213. The van der Waals surface area contributed by atoms with Crippen molar-refractivity contribution >= 4 is 19.7 Å². The second-order valence-electron chi connectivity index (χ2n) is 10.5. The van der Waals surface area contributed by atoms with Gasteiger partial charge in [-0.2, -0.15) is 0 Å². The summed E-state index contributed by atoms with van der Waals surface area (Å²) in [4.78, 5) is 0.133. The van der Waals surface area contributed by atoms with Crippen LogP contribution in [-0.4, -0.2) is 56.8 Å². The molecule has 0 aromatic heterocycles. The van der Waals surface area contributed by atoms with Crippen LogP contribution in [0.4, 0.5) is 0 Å². The fraction of sp³-hybridized carbons (Fsp3) is 0.438. The molecule has 0 saturated carbocycles. The molecule has 3 aromatic rings. The first-order valence-electron chi connectivity index (χ1n) is 14.3. The Labute approximate surface area is 254 Å². The lowest BCUT2D eigenvalue weighted by Crippen LogP contribution is -2.12. The first-order valence-corrected chi connectivity index (χ1v) is 17.8. The third kappa shape index (κ3) is 6.94. The van der Waals surface area contributed by atoms with E-state index in [1.807, 2.05) is 25.1 Å². The third-order valence-corrected chi connectivity index (χ3v) is 10.4. The van der Waals surface area contributed by atoms with Crippen molar-refractivity contribution in [1.82, 2.24) is 0 Å². The molecule has 0 bridgehead atoms. The van der Waals surface area contributed by atoms with Gasteiger partial charge in [0.2, 0.25) is 5.75 Å². The van der Waals surface area contributed by atoms with Gasteiger partial charge in [-0.25, -0.2) is 16.8 Å². The molecule has 0 aliphatic carbocycles. The van der Waals surface area contributed by atoms with Crippen LogP contribution in [0.15, 0.2) is 58.3 Å². The molecule has 4 rings (SSSR count). The zero-order valence-corrected chi connectivity index (χ0v) is 27.1. The lowest BCUT2D eigenvalue weighted by Gasteiger charge is -2.22. The topological polar surface area (TPSA) is 114 Å². The van der Waals surface area contributed by atoms with E-state index >= 15 is 0 Å². The van der Waals surface area contributed by atoms with Gasteiger partial charge < -0.3 is 23.7 Å². The van der Waals surface area contributed by atoms with Gasteiger partial charge in [0.05, 0.1) is 50.8 Å². The average molecular weight is 633 g/mol. The molecule has 0 spiro atoms. The molecule has 1 aliphatic heterocycles. The van der Waals surface area contributed by atoms with Crippen LogP contribution in [-0.2, 0) is 24.4 Å². The van der Waals surface area contributed by atoms with Gasteiger partial charge in [-0.3, -0.25) is 0 Å². The molecule has 2 atom stereocenters. The molecule has 1 heterocycles. The Morgan fingerprint density at radius 2 is 1.35 bits per heavy atom. The minimum atomic E-state index is -3.77. The van der Waals surface area contributed by atoms with Gasteiger partial charge in [-0.15, -0.1) is 0 Å². The molecule has 1 aliphatic rings. The summed E-state index contributed by atoms with van der Waals surface area (Å²) < 4.78 is 82.1. The van der Waals surface area contributed by atoms with E-state index in [0.717, 1.165) is 11.8 Å². The van der Waals surface area contributed by atoms with Crippen molar-refractivity contribution in [2.75, 3.05) is 39.9 Å². The van der Waals surface area contributed by atoms with E-state index in [-0.39, 0.29) is 34.0 Å². The lowest BCUT2D eigenvalue weighted by molar-refractivity contribution is 0.0437. The first-order chi connectivity index (χ1) is 20.5. The SMILES string of the molecule is CCCOc1c(-c2ccccc2S(C)(=O)=O)cc([C@H]2CC[C@H](c3cc(OC)c(OC)c(OC)c3)O2)cc1S(=O)(=O)CCC. The number of ether oxygens (including phenoxy) is 5. The summed E-state index contributed by atoms with van der Waals surface area (Å²) in [6.45, 7) is 4.00. The molecule has 1 fully saturated rings. The highest BCUT2D eigenvalue weighted by Crippen LogP contribution is 2.48. The monoisotopic (exact) mass is 632 g/mol. The lowest BCUT2D eigenvalue weighted by atomic mass is 9.97. The number of hydrogen-bond acceptors (Lipinski definition) is 9. The fourth-order valence-electron chi connectivity index (χ4n) is 5.40. The van der Waals surface area contributed by atoms with Gasteiger partial charge in [-0.1, -0.05) is 32.0 Å². The molecule has 0 N–H and O–H groups in total. The first kappa shape index (κ1) is 32.6. The fourth-order valence-corrected chi connectivity index (χ4v) is 7.83. The van der Waals surface area contributed by atoms with Gasteiger partial charge in [0.1, 0.15) is 10.6 Å². The third-order valence-electron chi connectivity index (χ3n) is 7.36. The molecule has 234 valence electrons. The molecule has 0 radical (unpaired) electrons. The van der Waals surface area contributed by atoms with Gasteiger partial charge in [0.25, 0.3) is 0 Å². The van der Waals surface area contributed by atoms with Crippen molar-refractivity contribution in [3.8, 4) is 34.1 Å². The van der Waals surface area contributed by atoms with Crippen LogP contribution in [0.2, 0.25) is 0 Å². The summed E-state index contributed by atoms with van der Waals surface area (Å²) in [6.07, 6.45) is 2.68. The Bertz CT molecular complexity index is 1640. The van der Waals surface area contributed by atoms with Crippen LogP contribution in [0, 0.1) is 0 Å². The van der Waals surface area contributed by atoms with Crippen molar-refractivity contribution in [2.24, 2.45) is 0 Å². The Kier molecular flexibility index (Phi) is 10.3. The summed E-state index contributed by atoms with van der Waals surface area (Å²) in [5, 5.41) is 0. The smallest absolute Gasteiger partial charge is 0.203 e. The van der Waals surface area contributed by atoms with Crippen molar-refractivity contribution in [2.45, 2.75) is 61.5 Å². The predicted molar refractivity (Wildman–Crippen MR) is 165 cm³/mol. The average Bonchev–Trinajstić information content (AvgIpc) is 3.49. The molecule has 0 unspecified atom stereocenters. The van der Waals surface area contributed by atoms with Crippen molar-refractivity contribution in [3.63, 3.8) is 0 Å². The van der Waals surface area contributed by atoms with E-state index in [2.05, 4.69) is 0 Å². The van der Waals surface area contributed by atoms with Crippen LogP contribution >= 0.6 is 0 Å². The standard InChI is InChI=1S/C32H40O9S2/c1-7-15-40-31-24(23-11-9-10-12-29(23)42(6,33)34)17-21(20-30(31)43(35,36)16-8-2)25-13-14-26(41-25)22-18-27(37-3)32(39-5)28(19-22)38-4/h9-12,17-20,25-26H,7-8,13-16H2,1-6H3/t25-,26-/m1/s1. The van der Waals surface area contributed by atoms with E-state index in [9.17, 15) is 16.8 Å². The molecule has 43 heavy (non-hydrogen) atoms. The van der Waals surface area contributed by atoms with Gasteiger partial charge in [0.15, 0.2) is 31.2 Å². The zero-order chi connectivity index (χ0) is 31.4. The Morgan fingerprint density at radius 1 is 0.744 bits per heavy atom. The van der Waals surface area contributed by atoms with Crippen molar-refractivity contribution in [1.29, 1.82) is 0 Å². The summed E-state index contributed by atoms with van der Waals surface area (Å²) >= 11 is 0. The van der Waals surface area contributed by atoms with E-state index < -0.39 is 25.8 Å². The molecule has 1 saturated heterocycles. The number of rotatable bonds is 13. The van der Waals surface area contributed by atoms with Crippen LogP contribution in [0.1, 0.15) is 62.9 Å². The molecule has 9 nitrogen and oxygen atoms in total. The number of benzene rings is 3. The van der Waals surface area contributed by atoms with E-state index in [1.165, 1.54) is 6.07 Å². The van der Waals surface area contributed by atoms with E-state index in [1.54, 1.807) is 52.5 Å². The Hall–Kier alpha value is -3.28. The Morgan fingerprint density at radius 3 is 1.88 bits per heavy atom. The van der Waals surface area contributed by atoms with Gasteiger partial charge in [0, 0.05) is 17.4 Å². The van der Waals surface area contributed by atoms with Crippen LogP contribution < -0.4 is 18.9 Å². The highest BCUT2D eigenvalue weighted by atomic mass is 32.2. The second kappa shape index (κ2) is 13.6. The molecule has 0 amide bonds. The normalized spacial score (nSPS) is 17.1. The number of methoxy groups -OCH3 is 3.